The quantitative estimate of drug-likeness (QED) is 0.657. The number of hydrogen-bond acceptors (Lipinski definition) is 3. The number of β-amino-alcohol motifs (C(OH)–C–C–N with tert-alkyl or cyclic N) is 1. The summed E-state index contributed by atoms with van der Waals surface area (Å²) in [7, 11) is 0. The van der Waals surface area contributed by atoms with Gasteiger partial charge in [-0.25, -0.2) is 0 Å². The largest absolute Gasteiger partial charge is 0.389 e. The SMILES string of the molecule is CC1CC(N)CN(CC(C)(C)O)C1. The summed E-state index contributed by atoms with van der Waals surface area (Å²) in [6.07, 6.45) is 1.11. The minimum atomic E-state index is -0.600. The number of nitrogens with two attached hydrogens (primary N) is 1. The van der Waals surface area contributed by atoms with Gasteiger partial charge in [-0.05, 0) is 26.2 Å². The zero-order valence-corrected chi connectivity index (χ0v) is 8.95. The van der Waals surface area contributed by atoms with Crippen molar-refractivity contribution >= 4 is 0 Å². The molecule has 1 fully saturated rings. The van der Waals surface area contributed by atoms with Crippen molar-refractivity contribution in [1.29, 1.82) is 0 Å². The van der Waals surface area contributed by atoms with Crippen LogP contribution in [0.3, 0.4) is 0 Å². The molecule has 13 heavy (non-hydrogen) atoms. The lowest BCUT2D eigenvalue weighted by molar-refractivity contribution is 0.0198. The van der Waals surface area contributed by atoms with Crippen LogP contribution in [0.1, 0.15) is 27.2 Å². The molecular formula is C10H22N2O. The summed E-state index contributed by atoms with van der Waals surface area (Å²) in [5, 5.41) is 9.66. The minimum Gasteiger partial charge on any atom is -0.389 e. The van der Waals surface area contributed by atoms with Gasteiger partial charge in [0.05, 0.1) is 5.60 Å². The van der Waals surface area contributed by atoms with Crippen molar-refractivity contribution < 1.29 is 5.11 Å². The van der Waals surface area contributed by atoms with E-state index in [1.807, 2.05) is 13.8 Å². The van der Waals surface area contributed by atoms with Crippen LogP contribution in [0.2, 0.25) is 0 Å². The predicted molar refractivity (Wildman–Crippen MR) is 54.5 cm³/mol. The van der Waals surface area contributed by atoms with Crippen LogP contribution in [0.15, 0.2) is 0 Å². The standard InChI is InChI=1S/C10H22N2O/c1-8-4-9(11)6-12(5-8)7-10(2,3)13/h8-9,13H,4-7,11H2,1-3H3. The maximum absolute atomic E-state index is 9.66. The van der Waals surface area contributed by atoms with Gasteiger partial charge in [0.25, 0.3) is 0 Å². The van der Waals surface area contributed by atoms with Crippen LogP contribution in [0.4, 0.5) is 0 Å². The Bertz CT molecular complexity index is 155. The van der Waals surface area contributed by atoms with Crippen molar-refractivity contribution in [2.45, 2.75) is 38.8 Å². The van der Waals surface area contributed by atoms with E-state index >= 15 is 0 Å². The van der Waals surface area contributed by atoms with Gasteiger partial charge in [-0.2, -0.15) is 0 Å². The van der Waals surface area contributed by atoms with Crippen LogP contribution < -0.4 is 5.73 Å². The van der Waals surface area contributed by atoms with E-state index in [9.17, 15) is 5.11 Å². The maximum atomic E-state index is 9.66. The third-order valence-electron chi connectivity index (χ3n) is 2.38. The maximum Gasteiger partial charge on any atom is 0.0718 e. The molecule has 2 unspecified atom stereocenters. The fourth-order valence-corrected chi connectivity index (χ4v) is 2.19. The van der Waals surface area contributed by atoms with E-state index in [0.29, 0.717) is 5.92 Å². The van der Waals surface area contributed by atoms with Gasteiger partial charge in [-0.3, -0.25) is 4.90 Å². The van der Waals surface area contributed by atoms with Crippen LogP contribution in [0.5, 0.6) is 0 Å². The van der Waals surface area contributed by atoms with E-state index in [1.54, 1.807) is 0 Å². The molecule has 0 aromatic heterocycles. The molecule has 0 aromatic carbocycles. The third kappa shape index (κ3) is 4.07. The Labute approximate surface area is 80.9 Å². The van der Waals surface area contributed by atoms with Crippen molar-refractivity contribution in [2.24, 2.45) is 11.7 Å². The van der Waals surface area contributed by atoms with Crippen LogP contribution in [-0.4, -0.2) is 41.3 Å². The predicted octanol–water partition coefficient (Wildman–Crippen LogP) is 0.426. The van der Waals surface area contributed by atoms with Gasteiger partial charge in [-0.1, -0.05) is 6.92 Å². The van der Waals surface area contributed by atoms with Gasteiger partial charge in [-0.15, -0.1) is 0 Å². The zero-order valence-electron chi connectivity index (χ0n) is 8.95. The molecule has 0 amide bonds. The van der Waals surface area contributed by atoms with Gasteiger partial charge in [0.2, 0.25) is 0 Å². The van der Waals surface area contributed by atoms with Crippen LogP contribution in [0, 0.1) is 5.92 Å². The lowest BCUT2D eigenvalue weighted by Crippen LogP contribution is -2.50. The number of likely N-dealkylation sites (tertiary alicyclic amines) is 1. The van der Waals surface area contributed by atoms with E-state index in [4.69, 9.17) is 5.73 Å². The van der Waals surface area contributed by atoms with E-state index in [1.165, 1.54) is 0 Å². The first kappa shape index (κ1) is 11.0. The molecule has 0 aromatic rings. The van der Waals surface area contributed by atoms with Gasteiger partial charge < -0.3 is 10.8 Å². The van der Waals surface area contributed by atoms with Crippen LogP contribution in [0.25, 0.3) is 0 Å². The Morgan fingerprint density at radius 1 is 1.46 bits per heavy atom. The average Bonchev–Trinajstić information content (AvgIpc) is 1.78. The van der Waals surface area contributed by atoms with Gasteiger partial charge in [0, 0.05) is 25.7 Å². The Morgan fingerprint density at radius 2 is 2.08 bits per heavy atom. The molecule has 1 aliphatic rings. The molecule has 78 valence electrons. The molecule has 1 rings (SSSR count). The number of hydrogen-bond donors (Lipinski definition) is 2. The monoisotopic (exact) mass is 186 g/mol. The molecule has 1 heterocycles. The molecule has 0 bridgehead atoms. The average molecular weight is 186 g/mol. The molecular weight excluding hydrogens is 164 g/mol. The second-order valence-corrected chi connectivity index (χ2v) is 5.11. The normalized spacial score (nSPS) is 32.1. The topological polar surface area (TPSA) is 49.5 Å². The summed E-state index contributed by atoms with van der Waals surface area (Å²) in [5.41, 5.74) is 5.31. The first-order valence-corrected chi connectivity index (χ1v) is 5.07. The smallest absolute Gasteiger partial charge is 0.0718 e. The summed E-state index contributed by atoms with van der Waals surface area (Å²) in [4.78, 5) is 2.26. The van der Waals surface area contributed by atoms with Gasteiger partial charge in [0.1, 0.15) is 0 Å². The van der Waals surface area contributed by atoms with Gasteiger partial charge >= 0.3 is 0 Å². The summed E-state index contributed by atoms with van der Waals surface area (Å²) in [6.45, 7) is 8.63. The molecule has 2 atom stereocenters. The summed E-state index contributed by atoms with van der Waals surface area (Å²) < 4.78 is 0. The number of aliphatic hydroxyl groups is 1. The fraction of sp³-hybridized carbons (Fsp3) is 1.00. The molecule has 0 aliphatic carbocycles. The minimum absolute atomic E-state index is 0.283. The molecule has 0 spiro atoms. The summed E-state index contributed by atoms with van der Waals surface area (Å²) in [6, 6.07) is 0.283. The number of rotatable bonds is 2. The summed E-state index contributed by atoms with van der Waals surface area (Å²) >= 11 is 0. The first-order chi connectivity index (χ1) is 5.87. The Hall–Kier alpha value is -0.120. The third-order valence-corrected chi connectivity index (χ3v) is 2.38. The Morgan fingerprint density at radius 3 is 2.54 bits per heavy atom. The second kappa shape index (κ2) is 3.95. The fourth-order valence-electron chi connectivity index (χ4n) is 2.19. The molecule has 0 saturated carbocycles. The lowest BCUT2D eigenvalue weighted by Gasteiger charge is -2.37. The highest BCUT2D eigenvalue weighted by atomic mass is 16.3. The van der Waals surface area contributed by atoms with Crippen LogP contribution >= 0.6 is 0 Å². The van der Waals surface area contributed by atoms with Crippen molar-refractivity contribution in [3.05, 3.63) is 0 Å². The Kier molecular flexibility index (Phi) is 3.33. The number of nitrogens with zero attached hydrogens (tertiary/aromatic N) is 1. The second-order valence-electron chi connectivity index (χ2n) is 5.11. The van der Waals surface area contributed by atoms with E-state index in [2.05, 4.69) is 11.8 Å². The van der Waals surface area contributed by atoms with Crippen molar-refractivity contribution in [3.63, 3.8) is 0 Å². The van der Waals surface area contributed by atoms with E-state index in [0.717, 1.165) is 26.1 Å². The van der Waals surface area contributed by atoms with E-state index in [-0.39, 0.29) is 6.04 Å². The molecule has 3 heteroatoms. The molecule has 0 radical (unpaired) electrons. The molecule has 1 aliphatic heterocycles. The number of piperidine rings is 1. The molecule has 1 saturated heterocycles. The van der Waals surface area contributed by atoms with E-state index < -0.39 is 5.60 Å². The lowest BCUT2D eigenvalue weighted by atomic mass is 9.95. The van der Waals surface area contributed by atoms with Crippen molar-refractivity contribution in [2.75, 3.05) is 19.6 Å². The first-order valence-electron chi connectivity index (χ1n) is 5.07. The van der Waals surface area contributed by atoms with Crippen LogP contribution in [-0.2, 0) is 0 Å². The van der Waals surface area contributed by atoms with Crippen molar-refractivity contribution in [3.8, 4) is 0 Å². The highest BCUT2D eigenvalue weighted by Gasteiger charge is 2.25. The zero-order chi connectivity index (χ0) is 10.1. The summed E-state index contributed by atoms with van der Waals surface area (Å²) in [5.74, 6) is 0.658. The molecule has 3 N–H and O–H groups in total. The molecule has 3 nitrogen and oxygen atoms in total. The highest BCUT2D eigenvalue weighted by molar-refractivity contribution is 4.82. The van der Waals surface area contributed by atoms with Gasteiger partial charge in [0.15, 0.2) is 0 Å². The Balaban J connectivity index is 2.42. The van der Waals surface area contributed by atoms with Crippen molar-refractivity contribution in [1.82, 2.24) is 4.90 Å². The highest BCUT2D eigenvalue weighted by Crippen LogP contribution is 2.17.